The number of hydrogen-bond acceptors (Lipinski definition) is 4. The molecule has 1 saturated carbocycles. The predicted octanol–water partition coefficient (Wildman–Crippen LogP) is 1.48. The molecule has 3 rings (SSSR count). The Morgan fingerprint density at radius 1 is 1.35 bits per heavy atom. The third-order valence-corrected chi connectivity index (χ3v) is 3.71. The number of anilines is 1. The van der Waals surface area contributed by atoms with Gasteiger partial charge in [0.15, 0.2) is 0 Å². The van der Waals surface area contributed by atoms with E-state index in [0.29, 0.717) is 6.42 Å². The molecule has 3 N–H and O–H groups in total. The van der Waals surface area contributed by atoms with Crippen molar-refractivity contribution in [3.8, 4) is 5.69 Å². The molecule has 0 unspecified atom stereocenters. The number of amides is 1. The summed E-state index contributed by atoms with van der Waals surface area (Å²) in [5, 5.41) is 10.4. The molecule has 1 aliphatic rings. The molecule has 1 amide bonds. The van der Waals surface area contributed by atoms with Crippen LogP contribution >= 0.6 is 0 Å². The van der Waals surface area contributed by atoms with Gasteiger partial charge in [-0.25, -0.2) is 0 Å². The van der Waals surface area contributed by atoms with Gasteiger partial charge in [-0.3, -0.25) is 9.36 Å². The minimum atomic E-state index is -0.296. The van der Waals surface area contributed by atoms with Gasteiger partial charge in [-0.05, 0) is 37.5 Å². The maximum atomic E-state index is 12.0. The molecule has 0 atom stereocenters. The first-order valence-electron chi connectivity index (χ1n) is 6.68. The summed E-state index contributed by atoms with van der Waals surface area (Å²) in [4.78, 5) is 12.0. The largest absolute Gasteiger partial charge is 0.326 e. The normalized spacial score (nSPS) is 16.4. The molecule has 0 aliphatic heterocycles. The van der Waals surface area contributed by atoms with Crippen molar-refractivity contribution in [3.63, 3.8) is 0 Å². The smallest absolute Gasteiger partial charge is 0.226 e. The fraction of sp³-hybridized carbons (Fsp3) is 0.357. The average Bonchev–Trinajstić information content (AvgIpc) is 2.91. The standard InChI is InChI=1S/C14H17N5O/c15-14(5-2-6-14)8-13(20)18-11-3-1-4-12(7-11)19-9-16-17-10-19/h1,3-4,7,9-10H,2,5-6,8,15H2,(H,18,20). The first kappa shape index (κ1) is 12.8. The highest BCUT2D eigenvalue weighted by Gasteiger charge is 2.34. The van der Waals surface area contributed by atoms with E-state index in [1.54, 1.807) is 17.2 Å². The minimum absolute atomic E-state index is 0.0342. The highest BCUT2D eigenvalue weighted by Crippen LogP contribution is 2.32. The molecule has 6 heteroatoms. The number of rotatable bonds is 4. The summed E-state index contributed by atoms with van der Waals surface area (Å²) >= 11 is 0. The minimum Gasteiger partial charge on any atom is -0.326 e. The first-order valence-corrected chi connectivity index (χ1v) is 6.68. The van der Waals surface area contributed by atoms with Gasteiger partial charge in [-0.15, -0.1) is 10.2 Å². The van der Waals surface area contributed by atoms with Crippen LogP contribution in [0, 0.1) is 0 Å². The van der Waals surface area contributed by atoms with Crippen molar-refractivity contribution in [1.29, 1.82) is 0 Å². The van der Waals surface area contributed by atoms with Crippen molar-refractivity contribution >= 4 is 11.6 Å². The topological polar surface area (TPSA) is 85.8 Å². The number of benzene rings is 1. The van der Waals surface area contributed by atoms with Gasteiger partial charge in [0.1, 0.15) is 12.7 Å². The number of carbonyl (C=O) groups is 1. The van der Waals surface area contributed by atoms with Crippen LogP contribution in [0.4, 0.5) is 5.69 Å². The molecule has 1 fully saturated rings. The lowest BCUT2D eigenvalue weighted by Crippen LogP contribution is -2.48. The van der Waals surface area contributed by atoms with Crippen molar-refractivity contribution in [1.82, 2.24) is 14.8 Å². The van der Waals surface area contributed by atoms with E-state index in [-0.39, 0.29) is 11.4 Å². The molecule has 0 radical (unpaired) electrons. The first-order chi connectivity index (χ1) is 9.65. The third kappa shape index (κ3) is 2.70. The molecule has 0 bridgehead atoms. The van der Waals surface area contributed by atoms with Crippen molar-refractivity contribution in [2.75, 3.05) is 5.32 Å². The van der Waals surface area contributed by atoms with Crippen LogP contribution in [0.3, 0.4) is 0 Å². The Bertz CT molecular complexity index is 604. The van der Waals surface area contributed by atoms with Gasteiger partial charge in [-0.1, -0.05) is 6.07 Å². The van der Waals surface area contributed by atoms with Crippen LogP contribution in [0.2, 0.25) is 0 Å². The SMILES string of the molecule is NC1(CC(=O)Nc2cccc(-n3cnnc3)c2)CCC1. The molecular weight excluding hydrogens is 254 g/mol. The van der Waals surface area contributed by atoms with Crippen LogP contribution in [0.1, 0.15) is 25.7 Å². The van der Waals surface area contributed by atoms with E-state index in [0.717, 1.165) is 30.6 Å². The Balaban J connectivity index is 1.68. The second kappa shape index (κ2) is 5.05. The molecular formula is C14H17N5O. The maximum Gasteiger partial charge on any atom is 0.226 e. The molecule has 20 heavy (non-hydrogen) atoms. The van der Waals surface area contributed by atoms with Gasteiger partial charge in [0.25, 0.3) is 0 Å². The lowest BCUT2D eigenvalue weighted by atomic mass is 9.75. The van der Waals surface area contributed by atoms with E-state index in [4.69, 9.17) is 5.73 Å². The molecule has 0 saturated heterocycles. The van der Waals surface area contributed by atoms with Crippen LogP contribution in [0.5, 0.6) is 0 Å². The van der Waals surface area contributed by atoms with Crippen LogP contribution in [0.15, 0.2) is 36.9 Å². The van der Waals surface area contributed by atoms with Gasteiger partial charge in [0, 0.05) is 17.6 Å². The van der Waals surface area contributed by atoms with E-state index in [1.165, 1.54) is 0 Å². The van der Waals surface area contributed by atoms with E-state index >= 15 is 0 Å². The summed E-state index contributed by atoms with van der Waals surface area (Å²) in [6, 6.07) is 7.54. The number of nitrogens with two attached hydrogens (primary N) is 1. The molecule has 6 nitrogen and oxygen atoms in total. The van der Waals surface area contributed by atoms with Gasteiger partial charge >= 0.3 is 0 Å². The Labute approximate surface area is 117 Å². The highest BCUT2D eigenvalue weighted by molar-refractivity contribution is 5.91. The summed E-state index contributed by atoms with van der Waals surface area (Å²) < 4.78 is 1.78. The number of carbonyl (C=O) groups excluding carboxylic acids is 1. The van der Waals surface area contributed by atoms with Crippen molar-refractivity contribution in [3.05, 3.63) is 36.9 Å². The van der Waals surface area contributed by atoms with Gasteiger partial charge in [0.05, 0.1) is 5.69 Å². The predicted molar refractivity (Wildman–Crippen MR) is 75.4 cm³/mol. The molecule has 104 valence electrons. The number of hydrogen-bond donors (Lipinski definition) is 2. The number of aromatic nitrogens is 3. The maximum absolute atomic E-state index is 12.0. The van der Waals surface area contributed by atoms with Crippen LogP contribution < -0.4 is 11.1 Å². The Kier molecular flexibility index (Phi) is 3.23. The molecule has 1 heterocycles. The van der Waals surface area contributed by atoms with Crippen molar-refractivity contribution in [2.45, 2.75) is 31.2 Å². The zero-order chi connectivity index (χ0) is 14.0. The van der Waals surface area contributed by atoms with Gasteiger partial charge < -0.3 is 11.1 Å². The van der Waals surface area contributed by atoms with Gasteiger partial charge in [-0.2, -0.15) is 0 Å². The zero-order valence-electron chi connectivity index (χ0n) is 11.1. The number of nitrogens with one attached hydrogen (secondary N) is 1. The zero-order valence-corrected chi connectivity index (χ0v) is 11.1. The second-order valence-electron chi connectivity index (χ2n) is 5.36. The van der Waals surface area contributed by atoms with E-state index in [1.807, 2.05) is 24.3 Å². The Morgan fingerprint density at radius 3 is 2.75 bits per heavy atom. The quantitative estimate of drug-likeness (QED) is 0.882. The fourth-order valence-corrected chi connectivity index (χ4v) is 2.41. The summed E-state index contributed by atoms with van der Waals surface area (Å²) in [6.07, 6.45) is 6.59. The van der Waals surface area contributed by atoms with Crippen LogP contribution in [-0.4, -0.2) is 26.2 Å². The lowest BCUT2D eigenvalue weighted by molar-refractivity contribution is -0.118. The Morgan fingerprint density at radius 2 is 2.10 bits per heavy atom. The summed E-state index contributed by atoms with van der Waals surface area (Å²) in [5.41, 5.74) is 7.44. The molecule has 1 aromatic heterocycles. The molecule has 2 aromatic rings. The Hall–Kier alpha value is -2.21. The lowest BCUT2D eigenvalue weighted by Gasteiger charge is -2.37. The van der Waals surface area contributed by atoms with Crippen molar-refractivity contribution in [2.24, 2.45) is 5.73 Å². The van der Waals surface area contributed by atoms with Crippen molar-refractivity contribution < 1.29 is 4.79 Å². The van der Waals surface area contributed by atoms with E-state index in [2.05, 4.69) is 15.5 Å². The summed E-state index contributed by atoms with van der Waals surface area (Å²) in [6.45, 7) is 0. The average molecular weight is 271 g/mol. The van der Waals surface area contributed by atoms with Gasteiger partial charge in [0.2, 0.25) is 5.91 Å². The molecule has 1 aromatic carbocycles. The summed E-state index contributed by atoms with van der Waals surface area (Å²) in [7, 11) is 0. The molecule has 1 aliphatic carbocycles. The van der Waals surface area contributed by atoms with Crippen LogP contribution in [-0.2, 0) is 4.79 Å². The molecule has 0 spiro atoms. The monoisotopic (exact) mass is 271 g/mol. The highest BCUT2D eigenvalue weighted by atomic mass is 16.1. The second-order valence-corrected chi connectivity index (χ2v) is 5.36. The van der Waals surface area contributed by atoms with E-state index < -0.39 is 0 Å². The van der Waals surface area contributed by atoms with E-state index in [9.17, 15) is 4.79 Å². The number of nitrogens with zero attached hydrogens (tertiary/aromatic N) is 3. The fourth-order valence-electron chi connectivity index (χ4n) is 2.41. The summed E-state index contributed by atoms with van der Waals surface area (Å²) in [5.74, 6) is -0.0342. The third-order valence-electron chi connectivity index (χ3n) is 3.71. The van der Waals surface area contributed by atoms with Crippen LogP contribution in [0.25, 0.3) is 5.69 Å².